The summed E-state index contributed by atoms with van der Waals surface area (Å²) in [6, 6.07) is 14.3. The number of aromatic hydroxyl groups is 1. The second-order valence-electron chi connectivity index (χ2n) is 4.82. The smallest absolute Gasteiger partial charge is 0.153 e. The third-order valence-corrected chi connectivity index (χ3v) is 3.58. The van der Waals surface area contributed by atoms with Gasteiger partial charge in [-0.3, -0.25) is 0 Å². The van der Waals surface area contributed by atoms with Gasteiger partial charge in [0.25, 0.3) is 0 Å². The van der Waals surface area contributed by atoms with E-state index >= 15 is 0 Å². The second kappa shape index (κ2) is 5.15. The topological polar surface area (TPSA) is 58.9 Å². The van der Waals surface area contributed by atoms with Crippen molar-refractivity contribution in [3.63, 3.8) is 0 Å². The maximum Gasteiger partial charge on any atom is 0.153 e. The molecule has 2 aromatic rings. The Bertz CT molecular complexity index is 597. The minimum Gasteiger partial charge on any atom is -0.508 e. The molecule has 0 spiro atoms. The van der Waals surface area contributed by atoms with E-state index in [0.29, 0.717) is 11.3 Å². The number of hydrogen-bond donors (Lipinski definition) is 2. The van der Waals surface area contributed by atoms with Gasteiger partial charge in [-0.15, -0.1) is 0 Å². The SMILES string of the molecule is COC1C(O)c2ccc(O)cc2OC1c1ccccc1. The van der Waals surface area contributed by atoms with Gasteiger partial charge in [0.1, 0.15) is 23.7 Å². The lowest BCUT2D eigenvalue weighted by Crippen LogP contribution is -2.35. The van der Waals surface area contributed by atoms with Gasteiger partial charge < -0.3 is 19.7 Å². The fourth-order valence-electron chi connectivity index (χ4n) is 2.57. The van der Waals surface area contributed by atoms with Crippen LogP contribution in [-0.2, 0) is 4.74 Å². The van der Waals surface area contributed by atoms with E-state index in [4.69, 9.17) is 9.47 Å². The minimum atomic E-state index is -0.797. The molecular weight excluding hydrogens is 256 g/mol. The molecule has 0 saturated heterocycles. The van der Waals surface area contributed by atoms with E-state index in [1.807, 2.05) is 30.3 Å². The molecule has 0 radical (unpaired) electrons. The van der Waals surface area contributed by atoms with Gasteiger partial charge in [-0.25, -0.2) is 0 Å². The van der Waals surface area contributed by atoms with Crippen LogP contribution in [0.4, 0.5) is 0 Å². The molecule has 0 aromatic heterocycles. The highest BCUT2D eigenvalue weighted by Crippen LogP contribution is 2.43. The van der Waals surface area contributed by atoms with Gasteiger partial charge in [-0.1, -0.05) is 30.3 Å². The van der Waals surface area contributed by atoms with Gasteiger partial charge in [0, 0.05) is 18.7 Å². The summed E-state index contributed by atoms with van der Waals surface area (Å²) in [6.07, 6.45) is -1.70. The summed E-state index contributed by atoms with van der Waals surface area (Å²) < 4.78 is 11.3. The van der Waals surface area contributed by atoms with Crippen molar-refractivity contribution in [1.29, 1.82) is 0 Å². The number of hydrogen-bond acceptors (Lipinski definition) is 4. The third-order valence-electron chi connectivity index (χ3n) is 3.58. The highest BCUT2D eigenvalue weighted by molar-refractivity contribution is 5.44. The summed E-state index contributed by atoms with van der Waals surface area (Å²) in [5.41, 5.74) is 1.55. The highest BCUT2D eigenvalue weighted by atomic mass is 16.5. The van der Waals surface area contributed by atoms with Crippen molar-refractivity contribution in [3.8, 4) is 11.5 Å². The molecule has 0 amide bonds. The Kier molecular flexibility index (Phi) is 3.34. The number of methoxy groups -OCH3 is 1. The molecule has 2 N–H and O–H groups in total. The lowest BCUT2D eigenvalue weighted by molar-refractivity contribution is -0.0915. The van der Waals surface area contributed by atoms with Crippen LogP contribution in [0.15, 0.2) is 48.5 Å². The van der Waals surface area contributed by atoms with E-state index in [1.165, 1.54) is 12.1 Å². The number of benzene rings is 2. The van der Waals surface area contributed by atoms with Crippen LogP contribution in [-0.4, -0.2) is 23.4 Å². The Balaban J connectivity index is 2.04. The lowest BCUT2D eigenvalue weighted by Gasteiger charge is -2.36. The van der Waals surface area contributed by atoms with Gasteiger partial charge >= 0.3 is 0 Å². The quantitative estimate of drug-likeness (QED) is 0.882. The molecule has 0 fully saturated rings. The molecule has 0 aliphatic carbocycles. The molecule has 1 aliphatic rings. The predicted octanol–water partition coefficient (Wildman–Crippen LogP) is 2.57. The van der Waals surface area contributed by atoms with E-state index in [9.17, 15) is 10.2 Å². The lowest BCUT2D eigenvalue weighted by atomic mass is 9.92. The predicted molar refractivity (Wildman–Crippen MR) is 73.7 cm³/mol. The van der Waals surface area contributed by atoms with Crippen LogP contribution in [0.5, 0.6) is 11.5 Å². The number of fused-ring (bicyclic) bond motifs is 1. The van der Waals surface area contributed by atoms with Crippen LogP contribution in [0, 0.1) is 0 Å². The summed E-state index contributed by atoms with van der Waals surface area (Å²) in [5, 5.41) is 20.0. The van der Waals surface area contributed by atoms with Crippen molar-refractivity contribution >= 4 is 0 Å². The normalized spacial score (nSPS) is 24.8. The number of rotatable bonds is 2. The zero-order valence-corrected chi connectivity index (χ0v) is 11.1. The van der Waals surface area contributed by atoms with Crippen molar-refractivity contribution < 1.29 is 19.7 Å². The van der Waals surface area contributed by atoms with E-state index in [0.717, 1.165) is 5.56 Å². The molecule has 20 heavy (non-hydrogen) atoms. The monoisotopic (exact) mass is 272 g/mol. The molecule has 3 unspecified atom stereocenters. The molecule has 0 saturated carbocycles. The number of phenolic OH excluding ortho intramolecular Hbond substituents is 1. The van der Waals surface area contributed by atoms with Gasteiger partial charge in [-0.2, -0.15) is 0 Å². The second-order valence-corrected chi connectivity index (χ2v) is 4.82. The highest BCUT2D eigenvalue weighted by Gasteiger charge is 2.38. The first kappa shape index (κ1) is 13.0. The Morgan fingerprint density at radius 1 is 1.10 bits per heavy atom. The zero-order chi connectivity index (χ0) is 14.1. The fourth-order valence-corrected chi connectivity index (χ4v) is 2.57. The standard InChI is InChI=1S/C16H16O4/c1-19-16-14(18)12-8-7-11(17)9-13(12)20-15(16)10-5-3-2-4-6-10/h2-9,14-18H,1H3. The average Bonchev–Trinajstić information content (AvgIpc) is 2.47. The first-order valence-electron chi connectivity index (χ1n) is 6.46. The third kappa shape index (κ3) is 2.13. The number of ether oxygens (including phenoxy) is 2. The summed E-state index contributed by atoms with van der Waals surface area (Å²) >= 11 is 0. The van der Waals surface area contributed by atoms with E-state index in [-0.39, 0.29) is 5.75 Å². The van der Waals surface area contributed by atoms with Crippen molar-refractivity contribution in [3.05, 3.63) is 59.7 Å². The molecule has 4 nitrogen and oxygen atoms in total. The van der Waals surface area contributed by atoms with Gasteiger partial charge in [-0.05, 0) is 17.7 Å². The van der Waals surface area contributed by atoms with Gasteiger partial charge in [0.15, 0.2) is 6.10 Å². The Morgan fingerprint density at radius 2 is 1.85 bits per heavy atom. The molecule has 104 valence electrons. The van der Waals surface area contributed by atoms with Gasteiger partial charge in [0.2, 0.25) is 0 Å². The Hall–Kier alpha value is -2.04. The van der Waals surface area contributed by atoms with Crippen molar-refractivity contribution in [2.24, 2.45) is 0 Å². The molecule has 2 aromatic carbocycles. The van der Waals surface area contributed by atoms with E-state index in [1.54, 1.807) is 13.2 Å². The summed E-state index contributed by atoms with van der Waals surface area (Å²) in [4.78, 5) is 0. The summed E-state index contributed by atoms with van der Waals surface area (Å²) in [7, 11) is 1.55. The van der Waals surface area contributed by atoms with Crippen LogP contribution < -0.4 is 4.74 Å². The Morgan fingerprint density at radius 3 is 2.55 bits per heavy atom. The molecule has 1 aliphatic heterocycles. The molecule has 3 rings (SSSR count). The van der Waals surface area contributed by atoms with Crippen LogP contribution in [0.25, 0.3) is 0 Å². The number of aliphatic hydroxyl groups is 1. The molecule has 1 heterocycles. The van der Waals surface area contributed by atoms with Crippen LogP contribution >= 0.6 is 0 Å². The molecule has 4 heteroatoms. The molecular formula is C16H16O4. The minimum absolute atomic E-state index is 0.110. The van der Waals surface area contributed by atoms with Crippen LogP contribution in [0.3, 0.4) is 0 Å². The largest absolute Gasteiger partial charge is 0.508 e. The van der Waals surface area contributed by atoms with Crippen molar-refractivity contribution in [2.45, 2.75) is 18.3 Å². The van der Waals surface area contributed by atoms with E-state index < -0.39 is 18.3 Å². The molecule has 3 atom stereocenters. The maximum atomic E-state index is 10.5. The van der Waals surface area contributed by atoms with Gasteiger partial charge in [0.05, 0.1) is 0 Å². The van der Waals surface area contributed by atoms with Crippen molar-refractivity contribution in [2.75, 3.05) is 7.11 Å². The van der Waals surface area contributed by atoms with E-state index in [2.05, 4.69) is 0 Å². The first-order valence-corrected chi connectivity index (χ1v) is 6.46. The van der Waals surface area contributed by atoms with Crippen molar-refractivity contribution in [1.82, 2.24) is 0 Å². The fraction of sp³-hybridized carbons (Fsp3) is 0.250. The first-order chi connectivity index (χ1) is 9.70. The number of phenols is 1. The summed E-state index contributed by atoms with van der Waals surface area (Å²) in [6.45, 7) is 0. The zero-order valence-electron chi connectivity index (χ0n) is 11.1. The summed E-state index contributed by atoms with van der Waals surface area (Å²) in [5.74, 6) is 0.596. The van der Waals surface area contributed by atoms with Crippen LogP contribution in [0.1, 0.15) is 23.3 Å². The Labute approximate surface area is 117 Å². The average molecular weight is 272 g/mol. The maximum absolute atomic E-state index is 10.5. The number of aliphatic hydroxyl groups excluding tert-OH is 1. The van der Waals surface area contributed by atoms with Crippen LogP contribution in [0.2, 0.25) is 0 Å². The molecule has 0 bridgehead atoms.